The molecule has 1 saturated heterocycles. The van der Waals surface area contributed by atoms with Crippen LogP contribution in [-0.4, -0.2) is 50.8 Å². The smallest absolute Gasteiger partial charge is 0.251 e. The number of amides is 2. The molecule has 2 saturated carbocycles. The zero-order valence-electron chi connectivity index (χ0n) is 17.9. The maximum atomic E-state index is 12.6. The summed E-state index contributed by atoms with van der Waals surface area (Å²) in [6, 6.07) is 7.64. The van der Waals surface area contributed by atoms with Crippen molar-refractivity contribution in [2.24, 2.45) is 17.8 Å². The maximum Gasteiger partial charge on any atom is 0.251 e. The first-order chi connectivity index (χ1) is 14.9. The first-order valence-corrected chi connectivity index (χ1v) is 11.6. The third kappa shape index (κ3) is 3.84. The molecule has 1 aromatic heterocycles. The van der Waals surface area contributed by atoms with Gasteiger partial charge in [0.05, 0.1) is 11.7 Å². The molecule has 7 nitrogen and oxygen atoms in total. The van der Waals surface area contributed by atoms with E-state index in [9.17, 15) is 9.59 Å². The summed E-state index contributed by atoms with van der Waals surface area (Å²) < 4.78 is 2.03. The van der Waals surface area contributed by atoms with E-state index in [0.29, 0.717) is 40.3 Å². The zero-order valence-corrected chi connectivity index (χ0v) is 18.6. The third-order valence-corrected chi connectivity index (χ3v) is 7.71. The maximum absolute atomic E-state index is 12.6. The van der Waals surface area contributed by atoms with Gasteiger partial charge >= 0.3 is 0 Å². The van der Waals surface area contributed by atoms with Crippen molar-refractivity contribution in [1.29, 1.82) is 0 Å². The van der Waals surface area contributed by atoms with Gasteiger partial charge in [0, 0.05) is 48.8 Å². The van der Waals surface area contributed by atoms with Crippen LogP contribution in [0, 0.1) is 17.8 Å². The second-order valence-electron chi connectivity index (χ2n) is 9.27. The van der Waals surface area contributed by atoms with Crippen LogP contribution in [0.4, 0.5) is 0 Å². The molecule has 1 aromatic carbocycles. The van der Waals surface area contributed by atoms with Crippen LogP contribution in [0.3, 0.4) is 0 Å². The van der Waals surface area contributed by atoms with Gasteiger partial charge in [-0.15, -0.1) is 5.10 Å². The Morgan fingerprint density at radius 3 is 2.48 bits per heavy atom. The minimum absolute atomic E-state index is 0.0222. The third-order valence-electron chi connectivity index (χ3n) is 7.46. The van der Waals surface area contributed by atoms with Crippen LogP contribution in [-0.2, 0) is 4.79 Å². The number of likely N-dealkylation sites (tertiary alicyclic amines) is 1. The highest BCUT2D eigenvalue weighted by Gasteiger charge is 2.59. The number of hydrogen-bond donors (Lipinski definition) is 1. The van der Waals surface area contributed by atoms with E-state index in [1.165, 1.54) is 0 Å². The molecule has 8 heteroatoms. The summed E-state index contributed by atoms with van der Waals surface area (Å²) in [6.07, 6.45) is 5.20. The van der Waals surface area contributed by atoms with Gasteiger partial charge < -0.3 is 10.2 Å². The number of benzene rings is 1. The Morgan fingerprint density at radius 1 is 1.19 bits per heavy atom. The fourth-order valence-corrected chi connectivity index (χ4v) is 5.70. The summed E-state index contributed by atoms with van der Waals surface area (Å²) in [5, 5.41) is 12.6. The topological polar surface area (TPSA) is 80.1 Å². The van der Waals surface area contributed by atoms with Crippen molar-refractivity contribution < 1.29 is 9.59 Å². The Hall–Kier alpha value is -2.41. The second-order valence-corrected chi connectivity index (χ2v) is 9.71. The van der Waals surface area contributed by atoms with Crippen LogP contribution in [0.5, 0.6) is 0 Å². The zero-order chi connectivity index (χ0) is 21.7. The average molecular weight is 442 g/mol. The van der Waals surface area contributed by atoms with E-state index in [4.69, 9.17) is 11.6 Å². The summed E-state index contributed by atoms with van der Waals surface area (Å²) in [5.74, 6) is 2.26. The number of hydrogen-bond acceptors (Lipinski definition) is 4. The van der Waals surface area contributed by atoms with Crippen LogP contribution >= 0.6 is 11.6 Å². The fraction of sp³-hybridized carbons (Fsp3) is 0.565. The number of carbonyl (C=O) groups is 2. The molecule has 3 fully saturated rings. The van der Waals surface area contributed by atoms with E-state index in [2.05, 4.69) is 28.7 Å². The minimum atomic E-state index is -0.0222. The lowest BCUT2D eigenvalue weighted by Gasteiger charge is -2.37. The van der Waals surface area contributed by atoms with Crippen LogP contribution in [0.15, 0.2) is 30.5 Å². The molecule has 2 aliphatic carbocycles. The van der Waals surface area contributed by atoms with E-state index in [0.717, 1.165) is 38.0 Å². The predicted molar refractivity (Wildman–Crippen MR) is 117 cm³/mol. The van der Waals surface area contributed by atoms with Gasteiger partial charge in [-0.1, -0.05) is 23.7 Å². The fourth-order valence-electron chi connectivity index (χ4n) is 5.58. The molecule has 0 bridgehead atoms. The normalized spacial score (nSPS) is 28.0. The van der Waals surface area contributed by atoms with Gasteiger partial charge in [-0.05, 0) is 61.3 Å². The van der Waals surface area contributed by atoms with E-state index in [1.807, 2.05) is 9.58 Å². The number of fused-ring (bicyclic) bond motifs is 1. The molecular formula is C23H28ClN5O2. The van der Waals surface area contributed by atoms with Crippen molar-refractivity contribution in [3.05, 3.63) is 46.7 Å². The van der Waals surface area contributed by atoms with Gasteiger partial charge in [0.25, 0.3) is 5.91 Å². The van der Waals surface area contributed by atoms with E-state index in [-0.39, 0.29) is 17.9 Å². The van der Waals surface area contributed by atoms with E-state index >= 15 is 0 Å². The molecule has 164 valence electrons. The molecular weight excluding hydrogens is 414 g/mol. The van der Waals surface area contributed by atoms with Crippen molar-refractivity contribution in [1.82, 2.24) is 25.2 Å². The Kier molecular flexibility index (Phi) is 5.24. The van der Waals surface area contributed by atoms with Crippen molar-refractivity contribution in [2.75, 3.05) is 13.1 Å². The van der Waals surface area contributed by atoms with Crippen LogP contribution in [0.2, 0.25) is 5.02 Å². The largest absolute Gasteiger partial charge is 0.349 e. The molecule has 1 aliphatic heterocycles. The van der Waals surface area contributed by atoms with Crippen LogP contribution in [0.1, 0.15) is 61.1 Å². The Labute approximate surface area is 187 Å². The minimum Gasteiger partial charge on any atom is -0.349 e. The van der Waals surface area contributed by atoms with Crippen molar-refractivity contribution in [3.8, 4) is 0 Å². The molecule has 31 heavy (non-hydrogen) atoms. The lowest BCUT2D eigenvalue weighted by molar-refractivity contribution is -0.133. The Bertz CT molecular complexity index is 972. The van der Waals surface area contributed by atoms with Gasteiger partial charge in [0.2, 0.25) is 5.91 Å². The molecule has 2 aromatic rings. The van der Waals surface area contributed by atoms with Crippen LogP contribution in [0.25, 0.3) is 0 Å². The Balaban J connectivity index is 1.15. The lowest BCUT2D eigenvalue weighted by atomic mass is 9.96. The molecule has 0 radical (unpaired) electrons. The highest BCUT2D eigenvalue weighted by Crippen LogP contribution is 2.62. The van der Waals surface area contributed by atoms with Crippen LogP contribution < -0.4 is 5.32 Å². The highest BCUT2D eigenvalue weighted by atomic mass is 35.5. The number of rotatable bonds is 6. The van der Waals surface area contributed by atoms with Crippen molar-refractivity contribution >= 4 is 23.4 Å². The first kappa shape index (κ1) is 20.5. The van der Waals surface area contributed by atoms with Gasteiger partial charge in [-0.25, -0.2) is 4.68 Å². The molecule has 3 aliphatic rings. The summed E-state index contributed by atoms with van der Waals surface area (Å²) in [4.78, 5) is 25.8. The SMILES string of the molecule is CCC(NC(=O)c1ccc(Cl)cc1)C1C2CC(n3cc(C4CN(C(C)=O)C4)nn3)CC21. The standard InChI is InChI=1S/C23H28ClN5O2/c1-3-20(25-23(31)14-4-6-16(24)7-5-14)22-18-8-17(9-19(18)22)29-12-21(26-27-29)15-10-28(11-15)13(2)30/h4-7,12,15,17-20,22H,3,8-11H2,1-2H3,(H,25,31). The molecule has 3 atom stereocenters. The van der Waals surface area contributed by atoms with E-state index in [1.54, 1.807) is 31.2 Å². The van der Waals surface area contributed by atoms with Gasteiger partial charge in [0.1, 0.15) is 0 Å². The number of nitrogens with zero attached hydrogens (tertiary/aromatic N) is 4. The number of halogens is 1. The summed E-state index contributed by atoms with van der Waals surface area (Å²) in [5.41, 5.74) is 1.65. The number of carbonyl (C=O) groups excluding carboxylic acids is 2. The summed E-state index contributed by atoms with van der Waals surface area (Å²) in [6.45, 7) is 5.25. The molecule has 0 spiro atoms. The summed E-state index contributed by atoms with van der Waals surface area (Å²) in [7, 11) is 0. The summed E-state index contributed by atoms with van der Waals surface area (Å²) >= 11 is 5.93. The van der Waals surface area contributed by atoms with E-state index < -0.39 is 0 Å². The molecule has 5 rings (SSSR count). The van der Waals surface area contributed by atoms with Gasteiger partial charge in [0.15, 0.2) is 0 Å². The quantitative estimate of drug-likeness (QED) is 0.745. The Morgan fingerprint density at radius 2 is 1.87 bits per heavy atom. The molecule has 2 amide bonds. The number of aromatic nitrogens is 3. The molecule has 2 heterocycles. The monoisotopic (exact) mass is 441 g/mol. The van der Waals surface area contributed by atoms with Crippen molar-refractivity contribution in [2.45, 2.75) is 51.1 Å². The van der Waals surface area contributed by atoms with Gasteiger partial charge in [-0.2, -0.15) is 0 Å². The predicted octanol–water partition coefficient (Wildman–Crippen LogP) is 3.28. The highest BCUT2D eigenvalue weighted by molar-refractivity contribution is 6.30. The second kappa shape index (κ2) is 7.93. The number of nitrogens with one attached hydrogen (secondary N) is 1. The van der Waals surface area contributed by atoms with Gasteiger partial charge in [-0.3, -0.25) is 9.59 Å². The molecule has 1 N–H and O–H groups in total. The van der Waals surface area contributed by atoms with Crippen molar-refractivity contribution in [3.63, 3.8) is 0 Å². The lowest BCUT2D eigenvalue weighted by Crippen LogP contribution is -2.47. The average Bonchev–Trinajstić information content (AvgIpc) is 3.07. The molecule has 3 unspecified atom stereocenters. The first-order valence-electron chi connectivity index (χ1n) is 11.2.